The highest BCUT2D eigenvalue weighted by molar-refractivity contribution is 5.10. The first kappa shape index (κ1) is 17.7. The van der Waals surface area contributed by atoms with Gasteiger partial charge in [0.25, 0.3) is 0 Å². The van der Waals surface area contributed by atoms with Gasteiger partial charge in [-0.3, -0.25) is 0 Å². The third kappa shape index (κ3) is 12.4. The molecule has 1 atom stereocenters. The standard InChI is InChI=1S/C7H13F.2C2H6/c1-5(2)6(3)7(4)8;2*1-2/h7H,1-4H3;2*1-2H3. The van der Waals surface area contributed by atoms with Gasteiger partial charge in [-0.1, -0.05) is 33.3 Å². The van der Waals surface area contributed by atoms with Gasteiger partial charge in [0.15, 0.2) is 0 Å². The minimum absolute atomic E-state index is 0.778. The van der Waals surface area contributed by atoms with Crippen LogP contribution in [0.15, 0.2) is 11.1 Å². The van der Waals surface area contributed by atoms with Crippen LogP contribution in [0.4, 0.5) is 4.39 Å². The van der Waals surface area contributed by atoms with E-state index in [1.165, 1.54) is 0 Å². The number of rotatable bonds is 1. The lowest BCUT2D eigenvalue weighted by Crippen LogP contribution is -1.95. The third-order valence-electron chi connectivity index (χ3n) is 1.39. The summed E-state index contributed by atoms with van der Waals surface area (Å²) < 4.78 is 12.3. The lowest BCUT2D eigenvalue weighted by molar-refractivity contribution is 0.409. The summed E-state index contributed by atoms with van der Waals surface area (Å²) in [6.45, 7) is 15.2. The molecule has 76 valence electrons. The molecule has 0 aliphatic rings. The number of halogens is 1. The van der Waals surface area contributed by atoms with Gasteiger partial charge in [0.2, 0.25) is 0 Å². The van der Waals surface area contributed by atoms with Crippen molar-refractivity contribution in [1.82, 2.24) is 0 Å². The fraction of sp³-hybridized carbons (Fsp3) is 0.818. The summed E-state index contributed by atoms with van der Waals surface area (Å²) >= 11 is 0. The number of allylic oxidation sites excluding steroid dienone is 2. The van der Waals surface area contributed by atoms with E-state index in [2.05, 4.69) is 0 Å². The van der Waals surface area contributed by atoms with Gasteiger partial charge in [0.1, 0.15) is 6.17 Å². The second-order valence-electron chi connectivity index (χ2n) is 2.30. The Morgan fingerprint density at radius 3 is 1.17 bits per heavy atom. The molecule has 0 amide bonds. The molecule has 0 rings (SSSR count). The van der Waals surface area contributed by atoms with Crippen LogP contribution in [-0.4, -0.2) is 6.17 Å². The predicted molar refractivity (Wildman–Crippen MR) is 57.3 cm³/mol. The van der Waals surface area contributed by atoms with Crippen LogP contribution in [0.5, 0.6) is 0 Å². The van der Waals surface area contributed by atoms with Crippen LogP contribution in [0, 0.1) is 0 Å². The lowest BCUT2D eigenvalue weighted by atomic mass is 10.1. The first-order chi connectivity index (χ1) is 5.55. The van der Waals surface area contributed by atoms with Gasteiger partial charge in [-0.2, -0.15) is 0 Å². The molecule has 0 aliphatic heterocycles. The van der Waals surface area contributed by atoms with E-state index in [1.807, 2.05) is 48.5 Å². The molecule has 0 bridgehead atoms. The van der Waals surface area contributed by atoms with Crippen molar-refractivity contribution in [3.8, 4) is 0 Å². The maximum Gasteiger partial charge on any atom is 0.118 e. The summed E-state index contributed by atoms with van der Waals surface area (Å²) in [6.07, 6.45) is -0.778. The van der Waals surface area contributed by atoms with Crippen molar-refractivity contribution in [1.29, 1.82) is 0 Å². The fourth-order valence-corrected chi connectivity index (χ4v) is 0.398. The zero-order valence-electron chi connectivity index (χ0n) is 9.96. The molecule has 1 unspecified atom stereocenters. The first-order valence-electron chi connectivity index (χ1n) is 4.83. The van der Waals surface area contributed by atoms with Gasteiger partial charge < -0.3 is 0 Å². The van der Waals surface area contributed by atoms with Crippen LogP contribution < -0.4 is 0 Å². The van der Waals surface area contributed by atoms with Gasteiger partial charge in [0.05, 0.1) is 0 Å². The van der Waals surface area contributed by atoms with Gasteiger partial charge in [-0.25, -0.2) is 4.39 Å². The van der Waals surface area contributed by atoms with E-state index in [-0.39, 0.29) is 0 Å². The third-order valence-corrected chi connectivity index (χ3v) is 1.39. The van der Waals surface area contributed by atoms with E-state index in [0.29, 0.717) is 0 Å². The molecule has 0 aromatic carbocycles. The minimum Gasteiger partial charge on any atom is -0.243 e. The maximum absolute atomic E-state index is 12.3. The van der Waals surface area contributed by atoms with E-state index in [9.17, 15) is 4.39 Å². The Labute approximate surface area is 77.9 Å². The van der Waals surface area contributed by atoms with Crippen molar-refractivity contribution in [3.05, 3.63) is 11.1 Å². The van der Waals surface area contributed by atoms with Crippen LogP contribution in [0.1, 0.15) is 55.4 Å². The zero-order chi connectivity index (χ0) is 10.7. The molecule has 0 saturated heterocycles. The smallest absolute Gasteiger partial charge is 0.118 e. The second-order valence-corrected chi connectivity index (χ2v) is 2.30. The zero-order valence-corrected chi connectivity index (χ0v) is 9.96. The number of hydrogen-bond acceptors (Lipinski definition) is 0. The average Bonchev–Trinajstić information content (AvgIpc) is 2.10. The van der Waals surface area contributed by atoms with Crippen molar-refractivity contribution < 1.29 is 4.39 Å². The highest BCUT2D eigenvalue weighted by atomic mass is 19.1. The van der Waals surface area contributed by atoms with Crippen LogP contribution in [0.25, 0.3) is 0 Å². The van der Waals surface area contributed by atoms with Gasteiger partial charge >= 0.3 is 0 Å². The summed E-state index contributed by atoms with van der Waals surface area (Å²) in [5, 5.41) is 0. The van der Waals surface area contributed by atoms with Crippen LogP contribution in [0.3, 0.4) is 0 Å². The predicted octanol–water partition coefficient (Wildman–Crippen LogP) is 4.75. The van der Waals surface area contributed by atoms with Crippen molar-refractivity contribution in [2.75, 3.05) is 0 Å². The summed E-state index contributed by atoms with van der Waals surface area (Å²) in [6, 6.07) is 0. The van der Waals surface area contributed by atoms with Crippen molar-refractivity contribution in [3.63, 3.8) is 0 Å². The molecule has 0 N–H and O–H groups in total. The Bertz CT molecular complexity index is 97.6. The second kappa shape index (κ2) is 13.3. The normalized spacial score (nSPS) is 9.75. The van der Waals surface area contributed by atoms with E-state index >= 15 is 0 Å². The molecule has 1 heteroatoms. The Balaban J connectivity index is -0.000000175. The average molecular weight is 176 g/mol. The summed E-state index contributed by atoms with van der Waals surface area (Å²) in [4.78, 5) is 0. The van der Waals surface area contributed by atoms with Gasteiger partial charge in [-0.05, 0) is 33.3 Å². The molecule has 0 aromatic rings. The highest BCUT2D eigenvalue weighted by Crippen LogP contribution is 2.09. The molecule has 0 aliphatic carbocycles. The molecule has 0 spiro atoms. The Hall–Kier alpha value is -0.330. The van der Waals surface area contributed by atoms with Crippen LogP contribution in [0.2, 0.25) is 0 Å². The lowest BCUT2D eigenvalue weighted by Gasteiger charge is -2.02. The summed E-state index contributed by atoms with van der Waals surface area (Å²) in [7, 11) is 0. The Kier molecular flexibility index (Phi) is 19.6. The Morgan fingerprint density at radius 2 is 1.17 bits per heavy atom. The molecular weight excluding hydrogens is 151 g/mol. The minimum atomic E-state index is -0.778. The van der Waals surface area contributed by atoms with E-state index in [4.69, 9.17) is 0 Å². The van der Waals surface area contributed by atoms with Crippen molar-refractivity contribution >= 4 is 0 Å². The summed E-state index contributed by atoms with van der Waals surface area (Å²) in [5.74, 6) is 0. The fourth-order valence-electron chi connectivity index (χ4n) is 0.398. The number of hydrogen-bond donors (Lipinski definition) is 0. The SMILES string of the molecule is CC.CC.CC(C)=C(C)C(C)F. The van der Waals surface area contributed by atoms with E-state index in [1.54, 1.807) is 6.92 Å². The van der Waals surface area contributed by atoms with E-state index in [0.717, 1.165) is 11.1 Å². The molecule has 0 fully saturated rings. The molecule has 0 radical (unpaired) electrons. The highest BCUT2D eigenvalue weighted by Gasteiger charge is 1.99. The number of alkyl halides is 1. The van der Waals surface area contributed by atoms with Crippen molar-refractivity contribution in [2.24, 2.45) is 0 Å². The molecule has 0 saturated carbocycles. The molecular formula is C11H25F. The Morgan fingerprint density at radius 1 is 0.917 bits per heavy atom. The largest absolute Gasteiger partial charge is 0.243 e. The topological polar surface area (TPSA) is 0 Å². The quantitative estimate of drug-likeness (QED) is 0.506. The van der Waals surface area contributed by atoms with Crippen LogP contribution in [-0.2, 0) is 0 Å². The summed E-state index contributed by atoms with van der Waals surface area (Å²) in [5.41, 5.74) is 1.94. The van der Waals surface area contributed by atoms with Gasteiger partial charge in [-0.15, -0.1) is 0 Å². The maximum atomic E-state index is 12.3. The van der Waals surface area contributed by atoms with Gasteiger partial charge in [0, 0.05) is 0 Å². The molecule has 0 heterocycles. The molecule has 0 nitrogen and oxygen atoms in total. The molecule has 0 aromatic heterocycles. The monoisotopic (exact) mass is 176 g/mol. The molecule has 12 heavy (non-hydrogen) atoms. The first-order valence-corrected chi connectivity index (χ1v) is 4.83. The van der Waals surface area contributed by atoms with E-state index < -0.39 is 6.17 Å². The van der Waals surface area contributed by atoms with Crippen molar-refractivity contribution in [2.45, 2.75) is 61.6 Å². The van der Waals surface area contributed by atoms with Crippen LogP contribution >= 0.6 is 0 Å².